The van der Waals surface area contributed by atoms with Crippen molar-refractivity contribution in [2.45, 2.75) is 36.7 Å². The number of sulfonamides is 1. The van der Waals surface area contributed by atoms with Crippen LogP contribution in [0.25, 0.3) is 0 Å². The van der Waals surface area contributed by atoms with Crippen molar-refractivity contribution in [3.05, 3.63) is 65.7 Å². The molecular formula is C20H25N3O3S. The Morgan fingerprint density at radius 1 is 1.19 bits per heavy atom. The van der Waals surface area contributed by atoms with Crippen LogP contribution in [0.3, 0.4) is 0 Å². The van der Waals surface area contributed by atoms with Gasteiger partial charge in [0.25, 0.3) is 0 Å². The normalized spacial score (nSPS) is 19.0. The van der Waals surface area contributed by atoms with E-state index in [0.29, 0.717) is 6.54 Å². The Balaban J connectivity index is 1.60. The van der Waals surface area contributed by atoms with Gasteiger partial charge in [-0.2, -0.15) is 0 Å². The van der Waals surface area contributed by atoms with Gasteiger partial charge in [0.05, 0.1) is 17.5 Å². The lowest BCUT2D eigenvalue weighted by Gasteiger charge is -2.25. The third-order valence-electron chi connectivity index (χ3n) is 4.98. The zero-order valence-corrected chi connectivity index (χ0v) is 16.2. The maximum absolute atomic E-state index is 12.5. The van der Waals surface area contributed by atoms with Crippen molar-refractivity contribution in [3.8, 4) is 0 Å². The van der Waals surface area contributed by atoms with E-state index in [0.717, 1.165) is 24.9 Å². The summed E-state index contributed by atoms with van der Waals surface area (Å²) in [6.45, 7) is 3.13. The van der Waals surface area contributed by atoms with Crippen molar-refractivity contribution in [1.82, 2.24) is 10.2 Å². The minimum absolute atomic E-state index is 0.0409. The molecule has 2 atom stereocenters. The highest BCUT2D eigenvalue weighted by molar-refractivity contribution is 7.89. The number of nitrogens with two attached hydrogens (primary N) is 1. The summed E-state index contributed by atoms with van der Waals surface area (Å²) < 4.78 is 22.7. The number of rotatable bonds is 6. The monoisotopic (exact) mass is 387 g/mol. The Labute approximate surface area is 160 Å². The molecule has 1 heterocycles. The van der Waals surface area contributed by atoms with Crippen LogP contribution in [-0.4, -0.2) is 32.3 Å². The quantitative estimate of drug-likeness (QED) is 0.796. The number of nitrogens with one attached hydrogen (secondary N) is 1. The maximum Gasteiger partial charge on any atom is 0.238 e. The van der Waals surface area contributed by atoms with Crippen LogP contribution in [0, 0.1) is 0 Å². The average Bonchev–Trinajstić information content (AvgIpc) is 3.09. The topological polar surface area (TPSA) is 92.5 Å². The predicted octanol–water partition coefficient (Wildman–Crippen LogP) is 2.35. The van der Waals surface area contributed by atoms with Gasteiger partial charge in [-0.25, -0.2) is 13.6 Å². The van der Waals surface area contributed by atoms with E-state index in [4.69, 9.17) is 5.14 Å². The van der Waals surface area contributed by atoms with Crippen LogP contribution in [0.15, 0.2) is 59.5 Å². The first kappa shape index (κ1) is 19.5. The highest BCUT2D eigenvalue weighted by Gasteiger charge is 2.27. The minimum atomic E-state index is -3.71. The van der Waals surface area contributed by atoms with Crippen LogP contribution in [0.4, 0.5) is 0 Å². The van der Waals surface area contributed by atoms with E-state index in [2.05, 4.69) is 22.3 Å². The van der Waals surface area contributed by atoms with Gasteiger partial charge < -0.3 is 5.32 Å². The molecular weight excluding hydrogens is 362 g/mol. The number of primary sulfonamides is 1. The fraction of sp³-hybridized carbons (Fsp3) is 0.350. The summed E-state index contributed by atoms with van der Waals surface area (Å²) in [5.41, 5.74) is 2.08. The number of hydrogen-bond acceptors (Lipinski definition) is 4. The van der Waals surface area contributed by atoms with Gasteiger partial charge in [-0.1, -0.05) is 42.5 Å². The largest absolute Gasteiger partial charge is 0.348 e. The summed E-state index contributed by atoms with van der Waals surface area (Å²) in [6.07, 6.45) is 2.14. The van der Waals surface area contributed by atoms with E-state index < -0.39 is 10.0 Å². The van der Waals surface area contributed by atoms with Crippen LogP contribution in [-0.2, 0) is 14.8 Å². The Hall–Kier alpha value is -2.22. The lowest BCUT2D eigenvalue weighted by molar-refractivity contribution is -0.123. The highest BCUT2D eigenvalue weighted by atomic mass is 32.2. The van der Waals surface area contributed by atoms with Gasteiger partial charge in [-0.05, 0) is 49.6 Å². The van der Waals surface area contributed by atoms with Crippen LogP contribution < -0.4 is 10.5 Å². The summed E-state index contributed by atoms with van der Waals surface area (Å²) >= 11 is 0. The molecule has 27 heavy (non-hydrogen) atoms. The van der Waals surface area contributed by atoms with Crippen molar-refractivity contribution in [3.63, 3.8) is 0 Å². The van der Waals surface area contributed by atoms with E-state index in [1.807, 2.05) is 25.1 Å². The van der Waals surface area contributed by atoms with Crippen molar-refractivity contribution >= 4 is 15.9 Å². The first-order valence-electron chi connectivity index (χ1n) is 9.06. The molecule has 0 aromatic heterocycles. The molecule has 1 aliphatic rings. The number of carbonyl (C=O) groups excluding carboxylic acids is 1. The number of nitrogens with zero attached hydrogens (tertiary/aromatic N) is 1. The molecule has 6 nitrogen and oxygen atoms in total. The molecule has 1 amide bonds. The zero-order valence-electron chi connectivity index (χ0n) is 15.3. The first-order valence-corrected chi connectivity index (χ1v) is 10.6. The number of benzene rings is 2. The molecule has 1 fully saturated rings. The summed E-state index contributed by atoms with van der Waals surface area (Å²) in [6, 6.07) is 16.6. The van der Waals surface area contributed by atoms with E-state index in [1.165, 1.54) is 17.7 Å². The number of amides is 1. The molecule has 0 radical (unpaired) electrons. The molecule has 144 valence electrons. The Bertz CT molecular complexity index is 882. The highest BCUT2D eigenvalue weighted by Crippen LogP contribution is 2.31. The van der Waals surface area contributed by atoms with Gasteiger partial charge in [-0.15, -0.1) is 0 Å². The fourth-order valence-corrected chi connectivity index (χ4v) is 4.08. The smallest absolute Gasteiger partial charge is 0.238 e. The molecule has 0 saturated carbocycles. The number of hydrogen-bond donors (Lipinski definition) is 2. The molecule has 0 unspecified atom stereocenters. The van der Waals surface area contributed by atoms with Crippen molar-refractivity contribution < 1.29 is 13.2 Å². The summed E-state index contributed by atoms with van der Waals surface area (Å²) in [4.78, 5) is 14.8. The van der Waals surface area contributed by atoms with Gasteiger partial charge in [-0.3, -0.25) is 9.69 Å². The van der Waals surface area contributed by atoms with Gasteiger partial charge in [0.15, 0.2) is 0 Å². The SMILES string of the molecule is C[C@H](NC(=O)CN1CCC[C@H]1c1ccccc1)c1ccc(S(N)(=O)=O)cc1. The number of likely N-dealkylation sites (tertiary alicyclic amines) is 1. The summed E-state index contributed by atoms with van der Waals surface area (Å²) in [5.74, 6) is -0.0409. The molecule has 1 aliphatic heterocycles. The Morgan fingerprint density at radius 2 is 1.85 bits per heavy atom. The van der Waals surface area contributed by atoms with E-state index in [-0.39, 0.29) is 22.9 Å². The standard InChI is InChI=1S/C20H25N3O3S/c1-15(16-9-11-18(12-10-16)27(21,25)26)22-20(24)14-23-13-5-8-19(23)17-6-3-2-4-7-17/h2-4,6-7,9-12,15,19H,5,8,13-14H2,1H3,(H,22,24)(H2,21,25,26)/t15-,19-/m0/s1. The second-order valence-electron chi connectivity index (χ2n) is 6.94. The van der Waals surface area contributed by atoms with Crippen LogP contribution in [0.1, 0.15) is 43.0 Å². The first-order chi connectivity index (χ1) is 12.8. The van der Waals surface area contributed by atoms with Crippen LogP contribution in [0.5, 0.6) is 0 Å². The van der Waals surface area contributed by atoms with Gasteiger partial charge >= 0.3 is 0 Å². The molecule has 2 aromatic rings. The Kier molecular flexibility index (Phi) is 5.94. The lowest BCUT2D eigenvalue weighted by Crippen LogP contribution is -2.38. The second-order valence-corrected chi connectivity index (χ2v) is 8.50. The fourth-order valence-electron chi connectivity index (χ4n) is 3.57. The molecule has 0 aliphatic carbocycles. The van der Waals surface area contributed by atoms with Crippen molar-refractivity contribution in [2.75, 3.05) is 13.1 Å². The lowest BCUT2D eigenvalue weighted by atomic mass is 10.0. The molecule has 7 heteroatoms. The maximum atomic E-state index is 12.5. The molecule has 1 saturated heterocycles. The molecule has 0 spiro atoms. The Morgan fingerprint density at radius 3 is 2.48 bits per heavy atom. The zero-order chi connectivity index (χ0) is 19.4. The molecule has 2 aromatic carbocycles. The van der Waals surface area contributed by atoms with E-state index >= 15 is 0 Å². The van der Waals surface area contributed by atoms with E-state index in [1.54, 1.807) is 12.1 Å². The third-order valence-corrected chi connectivity index (χ3v) is 5.91. The van der Waals surface area contributed by atoms with Crippen LogP contribution >= 0.6 is 0 Å². The van der Waals surface area contributed by atoms with Crippen LogP contribution in [0.2, 0.25) is 0 Å². The van der Waals surface area contributed by atoms with Crippen molar-refractivity contribution in [2.24, 2.45) is 5.14 Å². The van der Waals surface area contributed by atoms with E-state index in [9.17, 15) is 13.2 Å². The summed E-state index contributed by atoms with van der Waals surface area (Å²) in [5, 5.41) is 8.10. The molecule has 3 N–H and O–H groups in total. The van der Waals surface area contributed by atoms with Gasteiger partial charge in [0.1, 0.15) is 0 Å². The average molecular weight is 388 g/mol. The van der Waals surface area contributed by atoms with Crippen molar-refractivity contribution in [1.29, 1.82) is 0 Å². The number of carbonyl (C=O) groups is 1. The second kappa shape index (κ2) is 8.21. The third kappa shape index (κ3) is 4.94. The molecule has 3 rings (SSSR count). The predicted molar refractivity (Wildman–Crippen MR) is 104 cm³/mol. The van der Waals surface area contributed by atoms with Gasteiger partial charge in [0.2, 0.25) is 15.9 Å². The van der Waals surface area contributed by atoms with Gasteiger partial charge in [0, 0.05) is 6.04 Å². The summed E-state index contributed by atoms with van der Waals surface area (Å²) in [7, 11) is -3.71. The molecule has 0 bridgehead atoms. The minimum Gasteiger partial charge on any atom is -0.348 e.